The van der Waals surface area contributed by atoms with Gasteiger partial charge in [-0.05, 0) is 18.4 Å². The van der Waals surface area contributed by atoms with Crippen molar-refractivity contribution >= 4 is 0 Å². The maximum absolute atomic E-state index is 3.88. The van der Waals surface area contributed by atoms with Crippen LogP contribution in [0, 0.1) is 0 Å². The van der Waals surface area contributed by atoms with E-state index in [1.54, 1.807) is 0 Å². The average Bonchev–Trinajstić information content (AvgIpc) is 2.16. The normalized spacial score (nSPS) is 9.42. The van der Waals surface area contributed by atoms with E-state index >= 15 is 0 Å². The first-order valence-corrected chi connectivity index (χ1v) is 4.22. The molecule has 64 valence electrons. The van der Waals surface area contributed by atoms with E-state index in [2.05, 4.69) is 36.2 Å². The zero-order valence-electron chi connectivity index (χ0n) is 7.51. The molecule has 0 aliphatic heterocycles. The molecule has 0 fully saturated rings. The number of allylic oxidation sites excluding steroid dienone is 1. The van der Waals surface area contributed by atoms with Gasteiger partial charge in [-0.2, -0.15) is 0 Å². The van der Waals surface area contributed by atoms with Gasteiger partial charge in [-0.25, -0.2) is 0 Å². The van der Waals surface area contributed by atoms with Crippen LogP contribution in [0.25, 0.3) is 0 Å². The molecule has 1 rings (SSSR count). The van der Waals surface area contributed by atoms with Crippen LogP contribution in [0.1, 0.15) is 12.0 Å². The Kier molecular flexibility index (Phi) is 3.39. The summed E-state index contributed by atoms with van der Waals surface area (Å²) in [5.41, 5.74) is 2.47. The van der Waals surface area contributed by atoms with Crippen LogP contribution in [0.4, 0.5) is 0 Å². The van der Waals surface area contributed by atoms with Crippen LogP contribution < -0.4 is 5.32 Å². The van der Waals surface area contributed by atoms with Crippen molar-refractivity contribution in [2.45, 2.75) is 12.8 Å². The number of aryl methyl sites for hydroxylation is 1. The van der Waals surface area contributed by atoms with Gasteiger partial charge in [0, 0.05) is 12.7 Å². The molecule has 12 heavy (non-hydrogen) atoms. The maximum atomic E-state index is 3.88. The molecule has 0 aromatic heterocycles. The second-order valence-electron chi connectivity index (χ2n) is 2.84. The highest BCUT2D eigenvalue weighted by molar-refractivity contribution is 5.15. The van der Waals surface area contributed by atoms with Crippen molar-refractivity contribution in [3.8, 4) is 0 Å². The zero-order chi connectivity index (χ0) is 8.81. The lowest BCUT2D eigenvalue weighted by molar-refractivity contribution is 0.842. The summed E-state index contributed by atoms with van der Waals surface area (Å²) in [6.07, 6.45) is 2.08. The van der Waals surface area contributed by atoms with E-state index in [1.807, 2.05) is 13.1 Å². The molecule has 1 aromatic carbocycles. The molecule has 0 radical (unpaired) electrons. The first-order chi connectivity index (χ1) is 5.83. The fraction of sp³-hybridized carbons (Fsp3) is 0.273. The van der Waals surface area contributed by atoms with Crippen LogP contribution in [-0.2, 0) is 6.42 Å². The van der Waals surface area contributed by atoms with Crippen molar-refractivity contribution in [1.82, 2.24) is 5.32 Å². The Labute approximate surface area is 74.1 Å². The second-order valence-corrected chi connectivity index (χ2v) is 2.84. The molecule has 0 spiro atoms. The minimum absolute atomic E-state index is 1.01. The Morgan fingerprint density at radius 2 is 2.00 bits per heavy atom. The van der Waals surface area contributed by atoms with E-state index in [0.717, 1.165) is 18.5 Å². The molecule has 0 heterocycles. The van der Waals surface area contributed by atoms with Gasteiger partial charge in [0.05, 0.1) is 0 Å². The van der Waals surface area contributed by atoms with Gasteiger partial charge in [-0.15, -0.1) is 0 Å². The number of nitrogens with one attached hydrogen (secondary N) is 1. The van der Waals surface area contributed by atoms with E-state index in [4.69, 9.17) is 0 Å². The Morgan fingerprint density at radius 1 is 1.33 bits per heavy atom. The SMILES string of the molecule is C=C(CCc1ccccc1)NC. The molecule has 1 heteroatoms. The van der Waals surface area contributed by atoms with Crippen LogP contribution in [-0.4, -0.2) is 7.05 Å². The van der Waals surface area contributed by atoms with Crippen LogP contribution in [0.15, 0.2) is 42.6 Å². The molecule has 0 unspecified atom stereocenters. The number of hydrogen-bond donors (Lipinski definition) is 1. The summed E-state index contributed by atoms with van der Waals surface area (Å²) in [4.78, 5) is 0. The van der Waals surface area contributed by atoms with E-state index < -0.39 is 0 Å². The molecule has 0 amide bonds. The third kappa shape index (κ3) is 2.79. The topological polar surface area (TPSA) is 12.0 Å². The van der Waals surface area contributed by atoms with Gasteiger partial charge in [0.2, 0.25) is 0 Å². The average molecular weight is 161 g/mol. The lowest BCUT2D eigenvalue weighted by atomic mass is 10.1. The van der Waals surface area contributed by atoms with Crippen LogP contribution >= 0.6 is 0 Å². The summed E-state index contributed by atoms with van der Waals surface area (Å²) < 4.78 is 0. The van der Waals surface area contributed by atoms with Gasteiger partial charge in [-0.3, -0.25) is 0 Å². The van der Waals surface area contributed by atoms with E-state index in [9.17, 15) is 0 Å². The fourth-order valence-corrected chi connectivity index (χ4v) is 1.06. The van der Waals surface area contributed by atoms with E-state index in [-0.39, 0.29) is 0 Å². The molecular formula is C11H15N. The number of rotatable bonds is 4. The predicted molar refractivity (Wildman–Crippen MR) is 53.0 cm³/mol. The van der Waals surface area contributed by atoms with E-state index in [1.165, 1.54) is 5.56 Å². The highest BCUT2D eigenvalue weighted by atomic mass is 14.8. The number of hydrogen-bond acceptors (Lipinski definition) is 1. The minimum Gasteiger partial charge on any atom is -0.392 e. The Morgan fingerprint density at radius 3 is 2.58 bits per heavy atom. The maximum Gasteiger partial charge on any atom is 0.00343 e. The third-order valence-electron chi connectivity index (χ3n) is 1.91. The summed E-state index contributed by atoms with van der Waals surface area (Å²) in [5, 5.41) is 3.04. The van der Waals surface area contributed by atoms with Gasteiger partial charge in [-0.1, -0.05) is 36.9 Å². The fourth-order valence-electron chi connectivity index (χ4n) is 1.06. The Balaban J connectivity index is 2.38. The number of benzene rings is 1. The van der Waals surface area contributed by atoms with Gasteiger partial charge >= 0.3 is 0 Å². The molecule has 1 aromatic rings. The molecule has 1 nitrogen and oxygen atoms in total. The monoisotopic (exact) mass is 161 g/mol. The van der Waals surface area contributed by atoms with Gasteiger partial charge in [0.15, 0.2) is 0 Å². The molecule has 0 saturated heterocycles. The molecular weight excluding hydrogens is 146 g/mol. The molecule has 0 bridgehead atoms. The molecule has 0 aliphatic carbocycles. The van der Waals surface area contributed by atoms with Gasteiger partial charge < -0.3 is 5.32 Å². The smallest absolute Gasteiger partial charge is 0.00343 e. The van der Waals surface area contributed by atoms with E-state index in [0.29, 0.717) is 0 Å². The summed E-state index contributed by atoms with van der Waals surface area (Å²) in [6.45, 7) is 3.88. The van der Waals surface area contributed by atoms with Crippen molar-refractivity contribution in [2.24, 2.45) is 0 Å². The van der Waals surface area contributed by atoms with Crippen molar-refractivity contribution in [3.63, 3.8) is 0 Å². The van der Waals surface area contributed by atoms with Crippen LogP contribution in [0.5, 0.6) is 0 Å². The largest absolute Gasteiger partial charge is 0.392 e. The lowest BCUT2D eigenvalue weighted by Crippen LogP contribution is -2.04. The third-order valence-corrected chi connectivity index (χ3v) is 1.91. The van der Waals surface area contributed by atoms with Crippen LogP contribution in [0.2, 0.25) is 0 Å². The molecule has 0 aliphatic rings. The van der Waals surface area contributed by atoms with Gasteiger partial charge in [0.1, 0.15) is 0 Å². The molecule has 0 atom stereocenters. The highest BCUT2D eigenvalue weighted by Gasteiger charge is 1.92. The van der Waals surface area contributed by atoms with Crippen LogP contribution in [0.3, 0.4) is 0 Å². The summed E-state index contributed by atoms with van der Waals surface area (Å²) >= 11 is 0. The zero-order valence-corrected chi connectivity index (χ0v) is 7.51. The van der Waals surface area contributed by atoms with Crippen molar-refractivity contribution < 1.29 is 0 Å². The summed E-state index contributed by atoms with van der Waals surface area (Å²) in [6, 6.07) is 10.5. The van der Waals surface area contributed by atoms with Crippen molar-refractivity contribution in [1.29, 1.82) is 0 Å². The second kappa shape index (κ2) is 4.60. The predicted octanol–water partition coefficient (Wildman–Crippen LogP) is 2.35. The van der Waals surface area contributed by atoms with Gasteiger partial charge in [0.25, 0.3) is 0 Å². The molecule has 1 N–H and O–H groups in total. The first kappa shape index (κ1) is 8.85. The lowest BCUT2D eigenvalue weighted by Gasteiger charge is -2.03. The minimum atomic E-state index is 1.01. The summed E-state index contributed by atoms with van der Waals surface area (Å²) in [7, 11) is 1.91. The summed E-state index contributed by atoms with van der Waals surface area (Å²) in [5.74, 6) is 0. The first-order valence-electron chi connectivity index (χ1n) is 4.22. The van der Waals surface area contributed by atoms with Crippen molar-refractivity contribution in [3.05, 3.63) is 48.2 Å². The quantitative estimate of drug-likeness (QED) is 0.714. The molecule has 0 saturated carbocycles. The Hall–Kier alpha value is -1.24. The standard InChI is InChI=1S/C11H15N/c1-10(12-2)8-9-11-6-4-3-5-7-11/h3-7,12H,1,8-9H2,2H3. The highest BCUT2D eigenvalue weighted by Crippen LogP contribution is 2.04. The Bertz CT molecular complexity index is 238. The van der Waals surface area contributed by atoms with Crippen molar-refractivity contribution in [2.75, 3.05) is 7.05 Å².